The maximum Gasteiger partial charge on any atom is 0.335 e. The van der Waals surface area contributed by atoms with Gasteiger partial charge in [0.05, 0.1) is 24.3 Å². The summed E-state index contributed by atoms with van der Waals surface area (Å²) in [7, 11) is 1.34. The van der Waals surface area contributed by atoms with E-state index in [4.69, 9.17) is 36.4 Å². The van der Waals surface area contributed by atoms with Gasteiger partial charge < -0.3 is 24.8 Å². The molecule has 0 aromatic heterocycles. The van der Waals surface area contributed by atoms with Gasteiger partial charge in [0, 0.05) is 0 Å². The van der Waals surface area contributed by atoms with Crippen LogP contribution in [-0.4, -0.2) is 47.7 Å². The quantitative estimate of drug-likeness (QED) is 0.710. The molecule has 0 saturated heterocycles. The molecule has 3 N–H and O–H groups in total. The summed E-state index contributed by atoms with van der Waals surface area (Å²) in [6.07, 6.45) is -1.05. The Kier molecular flexibility index (Phi) is 5.21. The molecule has 1 unspecified atom stereocenters. The van der Waals surface area contributed by atoms with Crippen LogP contribution in [0.3, 0.4) is 0 Å². The third kappa shape index (κ3) is 3.49. The first kappa shape index (κ1) is 14.6. The first-order chi connectivity index (χ1) is 8.49. The molecular formula is C11H13ClO6. The molecule has 1 aromatic rings. The summed E-state index contributed by atoms with van der Waals surface area (Å²) < 4.78 is 10.2. The zero-order valence-electron chi connectivity index (χ0n) is 9.59. The summed E-state index contributed by atoms with van der Waals surface area (Å²) in [6.45, 7) is -0.633. The van der Waals surface area contributed by atoms with E-state index >= 15 is 0 Å². The summed E-state index contributed by atoms with van der Waals surface area (Å²) in [5.41, 5.74) is -0.0353. The van der Waals surface area contributed by atoms with Crippen molar-refractivity contribution in [3.63, 3.8) is 0 Å². The van der Waals surface area contributed by atoms with E-state index in [1.54, 1.807) is 0 Å². The van der Waals surface area contributed by atoms with E-state index < -0.39 is 18.7 Å². The van der Waals surface area contributed by atoms with E-state index in [1.807, 2.05) is 0 Å². The van der Waals surface area contributed by atoms with Crippen molar-refractivity contribution < 1.29 is 29.6 Å². The van der Waals surface area contributed by atoms with Crippen molar-refractivity contribution in [2.45, 2.75) is 6.10 Å². The molecule has 0 amide bonds. The Morgan fingerprint density at radius 3 is 2.67 bits per heavy atom. The van der Waals surface area contributed by atoms with Crippen LogP contribution in [0.25, 0.3) is 0 Å². The lowest BCUT2D eigenvalue weighted by molar-refractivity contribution is 0.0527. The first-order valence-corrected chi connectivity index (χ1v) is 5.40. The van der Waals surface area contributed by atoms with Gasteiger partial charge in [0.2, 0.25) is 0 Å². The van der Waals surface area contributed by atoms with Crippen LogP contribution in [0.5, 0.6) is 11.5 Å². The molecule has 0 aliphatic rings. The third-order valence-corrected chi connectivity index (χ3v) is 2.39. The highest BCUT2D eigenvalue weighted by atomic mass is 35.5. The molecule has 0 radical (unpaired) electrons. The van der Waals surface area contributed by atoms with Gasteiger partial charge in [0.15, 0.2) is 11.5 Å². The largest absolute Gasteiger partial charge is 0.493 e. The van der Waals surface area contributed by atoms with Gasteiger partial charge >= 0.3 is 5.97 Å². The lowest BCUT2D eigenvalue weighted by atomic mass is 10.2. The predicted molar refractivity (Wildman–Crippen MR) is 63.6 cm³/mol. The van der Waals surface area contributed by atoms with Crippen LogP contribution >= 0.6 is 11.6 Å². The fraction of sp³-hybridized carbons (Fsp3) is 0.364. The van der Waals surface area contributed by atoms with Crippen LogP contribution in [-0.2, 0) is 0 Å². The van der Waals surface area contributed by atoms with Crippen LogP contribution < -0.4 is 9.47 Å². The lowest BCUT2D eigenvalue weighted by Gasteiger charge is -2.14. The van der Waals surface area contributed by atoms with E-state index in [-0.39, 0.29) is 28.7 Å². The van der Waals surface area contributed by atoms with Crippen LogP contribution in [0, 0.1) is 0 Å². The molecule has 0 spiro atoms. The van der Waals surface area contributed by atoms with E-state index in [0.717, 1.165) is 0 Å². The van der Waals surface area contributed by atoms with Crippen molar-refractivity contribution >= 4 is 17.6 Å². The highest BCUT2D eigenvalue weighted by molar-refractivity contribution is 6.32. The van der Waals surface area contributed by atoms with E-state index in [0.29, 0.717) is 0 Å². The molecule has 1 aromatic carbocycles. The second kappa shape index (κ2) is 6.44. The number of carbonyl (C=O) groups is 1. The number of ether oxygens (including phenoxy) is 2. The van der Waals surface area contributed by atoms with Gasteiger partial charge in [0.25, 0.3) is 0 Å². The molecule has 7 heteroatoms. The number of aromatic carboxylic acids is 1. The molecule has 0 fully saturated rings. The normalized spacial score (nSPS) is 12.0. The maximum atomic E-state index is 10.8. The molecule has 18 heavy (non-hydrogen) atoms. The number of aliphatic hydroxyl groups is 2. The monoisotopic (exact) mass is 276 g/mol. The second-order valence-electron chi connectivity index (χ2n) is 3.44. The minimum atomic E-state index is -1.14. The summed E-state index contributed by atoms with van der Waals surface area (Å²) in [4.78, 5) is 10.8. The summed E-state index contributed by atoms with van der Waals surface area (Å²) >= 11 is 5.87. The average molecular weight is 277 g/mol. The summed E-state index contributed by atoms with van der Waals surface area (Å²) in [6, 6.07) is 2.47. The van der Waals surface area contributed by atoms with Crippen LogP contribution in [0.4, 0.5) is 0 Å². The number of hydrogen-bond donors (Lipinski definition) is 3. The van der Waals surface area contributed by atoms with Gasteiger partial charge in [0.1, 0.15) is 12.7 Å². The summed E-state index contributed by atoms with van der Waals surface area (Å²) in [5, 5.41) is 26.7. The second-order valence-corrected chi connectivity index (χ2v) is 3.85. The van der Waals surface area contributed by atoms with Gasteiger partial charge in [-0.3, -0.25) is 0 Å². The molecule has 0 saturated carbocycles. The van der Waals surface area contributed by atoms with Crippen molar-refractivity contribution in [2.75, 3.05) is 20.3 Å². The molecule has 0 heterocycles. The molecular weight excluding hydrogens is 264 g/mol. The van der Waals surface area contributed by atoms with Gasteiger partial charge in [-0.2, -0.15) is 0 Å². The van der Waals surface area contributed by atoms with Gasteiger partial charge in [-0.15, -0.1) is 0 Å². The Morgan fingerprint density at radius 1 is 1.50 bits per heavy atom. The number of benzene rings is 1. The molecule has 1 rings (SSSR count). The highest BCUT2D eigenvalue weighted by Gasteiger charge is 2.16. The first-order valence-electron chi connectivity index (χ1n) is 5.02. The van der Waals surface area contributed by atoms with Crippen molar-refractivity contribution in [2.24, 2.45) is 0 Å². The number of hydrogen-bond acceptors (Lipinski definition) is 5. The number of halogens is 1. The molecule has 0 aliphatic heterocycles. The van der Waals surface area contributed by atoms with E-state index in [1.165, 1.54) is 19.2 Å². The third-order valence-electron chi connectivity index (χ3n) is 2.11. The average Bonchev–Trinajstić information content (AvgIpc) is 2.35. The molecule has 0 bridgehead atoms. The van der Waals surface area contributed by atoms with Crippen molar-refractivity contribution in [3.8, 4) is 11.5 Å². The number of methoxy groups -OCH3 is 1. The van der Waals surface area contributed by atoms with Gasteiger partial charge in [-0.25, -0.2) is 4.79 Å². The Balaban J connectivity index is 3.00. The van der Waals surface area contributed by atoms with E-state index in [9.17, 15) is 4.79 Å². The molecule has 100 valence electrons. The van der Waals surface area contributed by atoms with E-state index in [2.05, 4.69) is 0 Å². The Bertz CT molecular complexity index is 434. The van der Waals surface area contributed by atoms with Crippen LogP contribution in [0.1, 0.15) is 10.4 Å². The Morgan fingerprint density at radius 2 is 2.17 bits per heavy atom. The molecule has 0 aliphatic carbocycles. The fourth-order valence-corrected chi connectivity index (χ4v) is 1.48. The van der Waals surface area contributed by atoms with Crippen molar-refractivity contribution in [3.05, 3.63) is 22.7 Å². The Hall–Kier alpha value is -1.50. The Labute approximate surface area is 108 Å². The molecule has 6 nitrogen and oxygen atoms in total. The lowest BCUT2D eigenvalue weighted by Crippen LogP contribution is -2.21. The number of aliphatic hydroxyl groups excluding tert-OH is 2. The topological polar surface area (TPSA) is 96.2 Å². The van der Waals surface area contributed by atoms with Gasteiger partial charge in [-0.1, -0.05) is 11.6 Å². The number of carboxylic acids is 1. The van der Waals surface area contributed by atoms with Crippen LogP contribution in [0.2, 0.25) is 5.02 Å². The summed E-state index contributed by atoms with van der Waals surface area (Å²) in [5.74, 6) is -0.876. The van der Waals surface area contributed by atoms with Crippen LogP contribution in [0.15, 0.2) is 12.1 Å². The zero-order valence-corrected chi connectivity index (χ0v) is 10.3. The fourth-order valence-electron chi connectivity index (χ4n) is 1.22. The minimum absolute atomic E-state index is 0.0353. The standard InChI is InChI=1S/C11H13ClO6/c1-17-9-3-6(11(15)16)2-8(12)10(9)18-5-7(14)4-13/h2-3,7,13-14H,4-5H2,1H3,(H,15,16). The highest BCUT2D eigenvalue weighted by Crippen LogP contribution is 2.36. The maximum absolute atomic E-state index is 10.8. The number of rotatable bonds is 6. The SMILES string of the molecule is COc1cc(C(=O)O)cc(Cl)c1OCC(O)CO. The van der Waals surface area contributed by atoms with Gasteiger partial charge in [-0.05, 0) is 12.1 Å². The predicted octanol–water partition coefficient (Wildman–Crippen LogP) is 0.779. The smallest absolute Gasteiger partial charge is 0.335 e. The van der Waals surface area contributed by atoms with Crippen molar-refractivity contribution in [1.82, 2.24) is 0 Å². The minimum Gasteiger partial charge on any atom is -0.493 e. The molecule has 1 atom stereocenters. The van der Waals surface area contributed by atoms with Crippen molar-refractivity contribution in [1.29, 1.82) is 0 Å². The zero-order chi connectivity index (χ0) is 13.7. The number of carboxylic acid groups (broad SMARTS) is 1.